The summed E-state index contributed by atoms with van der Waals surface area (Å²) in [5.74, 6) is 0.0959. The molecule has 5 rings (SSSR count). The molecule has 2 aromatic heterocycles. The summed E-state index contributed by atoms with van der Waals surface area (Å²) < 4.78 is 17.4. The van der Waals surface area contributed by atoms with E-state index in [1.54, 1.807) is 6.07 Å². The number of hydrogen-bond acceptors (Lipinski definition) is 3. The van der Waals surface area contributed by atoms with Gasteiger partial charge in [0.2, 0.25) is 0 Å². The number of aryl methyl sites for hydroxylation is 2. The highest BCUT2D eigenvalue weighted by molar-refractivity contribution is 5.44. The summed E-state index contributed by atoms with van der Waals surface area (Å²) in [5, 5.41) is 4.69. The first-order chi connectivity index (χ1) is 15.9. The Hall–Kier alpha value is -3.54. The number of benzene rings is 2. The number of rotatable bonds is 6. The van der Waals surface area contributed by atoms with Crippen molar-refractivity contribution in [1.29, 1.82) is 0 Å². The van der Waals surface area contributed by atoms with E-state index in [0.717, 1.165) is 52.2 Å². The lowest BCUT2D eigenvalue weighted by Gasteiger charge is -2.17. The summed E-state index contributed by atoms with van der Waals surface area (Å²) in [5.41, 5.74) is 6.52. The lowest BCUT2D eigenvalue weighted by molar-refractivity contribution is 0.512. The second-order valence-corrected chi connectivity index (χ2v) is 9.07. The standard InChI is InChI=1S/C27H27FN4O/c1-17-11-20(7-10-26(17)31-15-18(2)29-16-31)12-23-14-25(21-8-9-21)30-32(27(23)33)19(3)22-5-4-6-24(28)13-22/h4-7,10-11,13-16,19,21H,8-9,12H2,1-3H3/t19-/m0/s1. The zero-order valence-electron chi connectivity index (χ0n) is 19.1. The van der Waals surface area contributed by atoms with Crippen LogP contribution < -0.4 is 5.56 Å². The smallest absolute Gasteiger partial charge is 0.270 e. The quantitative estimate of drug-likeness (QED) is 0.409. The van der Waals surface area contributed by atoms with Gasteiger partial charge in [0, 0.05) is 29.8 Å². The molecule has 4 aromatic rings. The second kappa shape index (κ2) is 8.43. The van der Waals surface area contributed by atoms with Crippen molar-refractivity contribution >= 4 is 0 Å². The maximum atomic E-state index is 13.8. The Morgan fingerprint density at radius 2 is 1.94 bits per heavy atom. The summed E-state index contributed by atoms with van der Waals surface area (Å²) >= 11 is 0. The van der Waals surface area contributed by atoms with Crippen molar-refractivity contribution in [1.82, 2.24) is 19.3 Å². The first-order valence-electron chi connectivity index (χ1n) is 11.4. The molecule has 1 aliphatic carbocycles. The highest BCUT2D eigenvalue weighted by Gasteiger charge is 2.28. The van der Waals surface area contributed by atoms with Gasteiger partial charge in [-0.3, -0.25) is 4.79 Å². The molecule has 1 fully saturated rings. The molecule has 0 aliphatic heterocycles. The van der Waals surface area contributed by atoms with Crippen LogP contribution in [0.2, 0.25) is 0 Å². The van der Waals surface area contributed by atoms with Crippen LogP contribution >= 0.6 is 0 Å². The third kappa shape index (κ3) is 4.38. The molecule has 6 heteroatoms. The lowest BCUT2D eigenvalue weighted by Crippen LogP contribution is -2.30. The molecule has 0 spiro atoms. The van der Waals surface area contributed by atoms with Crippen LogP contribution in [-0.4, -0.2) is 19.3 Å². The number of halogens is 1. The molecule has 0 amide bonds. The SMILES string of the molecule is Cc1cn(-c2ccc(Cc3cc(C4CC4)nn([C@@H](C)c4cccc(F)c4)c3=O)cc2C)cn1. The summed E-state index contributed by atoms with van der Waals surface area (Å²) in [7, 11) is 0. The highest BCUT2D eigenvalue weighted by atomic mass is 19.1. The van der Waals surface area contributed by atoms with Crippen LogP contribution in [0.1, 0.15) is 65.4 Å². The van der Waals surface area contributed by atoms with Gasteiger partial charge in [-0.2, -0.15) is 5.10 Å². The first kappa shape index (κ1) is 21.3. The molecular formula is C27H27FN4O. The maximum absolute atomic E-state index is 13.8. The van der Waals surface area contributed by atoms with E-state index < -0.39 is 0 Å². The monoisotopic (exact) mass is 442 g/mol. The van der Waals surface area contributed by atoms with Crippen molar-refractivity contribution in [3.63, 3.8) is 0 Å². The van der Waals surface area contributed by atoms with Gasteiger partial charge in [0.1, 0.15) is 5.82 Å². The van der Waals surface area contributed by atoms with E-state index in [0.29, 0.717) is 12.3 Å². The number of imidazole rings is 1. The predicted octanol–water partition coefficient (Wildman–Crippen LogP) is 5.26. The predicted molar refractivity (Wildman–Crippen MR) is 127 cm³/mol. The minimum absolute atomic E-state index is 0.122. The van der Waals surface area contributed by atoms with Crippen molar-refractivity contribution in [2.45, 2.75) is 52.0 Å². The Kier molecular flexibility index (Phi) is 5.44. The van der Waals surface area contributed by atoms with Crippen molar-refractivity contribution in [3.05, 3.63) is 111 Å². The normalized spacial score (nSPS) is 14.4. The largest absolute Gasteiger partial charge is 0.306 e. The summed E-state index contributed by atoms with van der Waals surface area (Å²) in [6, 6.07) is 14.3. The molecule has 168 valence electrons. The number of hydrogen-bond donors (Lipinski definition) is 0. The molecule has 0 radical (unpaired) electrons. The zero-order valence-corrected chi connectivity index (χ0v) is 19.1. The van der Waals surface area contributed by atoms with E-state index in [9.17, 15) is 9.18 Å². The van der Waals surface area contributed by atoms with Gasteiger partial charge in [-0.05, 0) is 74.6 Å². The fourth-order valence-electron chi connectivity index (χ4n) is 4.35. The Bertz CT molecular complexity index is 1380. The summed E-state index contributed by atoms with van der Waals surface area (Å²) in [4.78, 5) is 17.8. The zero-order chi connectivity index (χ0) is 23.1. The topological polar surface area (TPSA) is 52.7 Å². The Morgan fingerprint density at radius 3 is 2.61 bits per heavy atom. The average molecular weight is 443 g/mol. The van der Waals surface area contributed by atoms with Crippen LogP contribution in [0.25, 0.3) is 5.69 Å². The van der Waals surface area contributed by atoms with Gasteiger partial charge >= 0.3 is 0 Å². The maximum Gasteiger partial charge on any atom is 0.270 e. The summed E-state index contributed by atoms with van der Waals surface area (Å²) in [6.45, 7) is 5.94. The molecule has 2 aromatic carbocycles. The molecular weight excluding hydrogens is 415 g/mol. The van der Waals surface area contributed by atoms with Crippen molar-refractivity contribution in [2.75, 3.05) is 0 Å². The van der Waals surface area contributed by atoms with Crippen LogP contribution in [0.3, 0.4) is 0 Å². The number of aromatic nitrogens is 4. The van der Waals surface area contributed by atoms with Crippen LogP contribution in [0.4, 0.5) is 4.39 Å². The third-order valence-corrected chi connectivity index (χ3v) is 6.37. The molecule has 5 nitrogen and oxygen atoms in total. The van der Waals surface area contributed by atoms with Gasteiger partial charge in [0.25, 0.3) is 5.56 Å². The minimum Gasteiger partial charge on any atom is -0.306 e. The van der Waals surface area contributed by atoms with Gasteiger partial charge in [-0.25, -0.2) is 14.1 Å². The van der Waals surface area contributed by atoms with E-state index in [2.05, 4.69) is 35.2 Å². The van der Waals surface area contributed by atoms with E-state index >= 15 is 0 Å². The summed E-state index contributed by atoms with van der Waals surface area (Å²) in [6.07, 6.45) is 6.53. The Morgan fingerprint density at radius 1 is 1.12 bits per heavy atom. The van der Waals surface area contributed by atoms with E-state index in [-0.39, 0.29) is 17.4 Å². The molecule has 0 N–H and O–H groups in total. The molecule has 0 saturated heterocycles. The second-order valence-electron chi connectivity index (χ2n) is 9.07. The van der Waals surface area contributed by atoms with Gasteiger partial charge in [0.05, 0.1) is 23.8 Å². The van der Waals surface area contributed by atoms with Gasteiger partial charge in [-0.1, -0.05) is 24.3 Å². The third-order valence-electron chi connectivity index (χ3n) is 6.37. The van der Waals surface area contributed by atoms with Gasteiger partial charge < -0.3 is 4.57 Å². The number of nitrogens with zero attached hydrogens (tertiary/aromatic N) is 4. The van der Waals surface area contributed by atoms with Crippen LogP contribution in [0.5, 0.6) is 0 Å². The molecule has 1 aliphatic rings. The lowest BCUT2D eigenvalue weighted by atomic mass is 10.0. The van der Waals surface area contributed by atoms with E-state index in [4.69, 9.17) is 0 Å². The molecule has 0 bridgehead atoms. The van der Waals surface area contributed by atoms with Crippen molar-refractivity contribution in [2.24, 2.45) is 0 Å². The van der Waals surface area contributed by atoms with E-state index in [1.807, 2.05) is 43.1 Å². The highest BCUT2D eigenvalue weighted by Crippen LogP contribution is 2.39. The van der Waals surface area contributed by atoms with Gasteiger partial charge in [0.15, 0.2) is 0 Å². The molecule has 0 unspecified atom stereocenters. The molecule has 1 saturated carbocycles. The molecule has 2 heterocycles. The molecule has 1 atom stereocenters. The minimum atomic E-state index is -0.348. The fraction of sp³-hybridized carbons (Fsp3) is 0.296. The van der Waals surface area contributed by atoms with Crippen LogP contribution in [0, 0.1) is 19.7 Å². The fourth-order valence-corrected chi connectivity index (χ4v) is 4.35. The van der Waals surface area contributed by atoms with Crippen molar-refractivity contribution in [3.8, 4) is 5.69 Å². The van der Waals surface area contributed by atoms with Crippen molar-refractivity contribution < 1.29 is 4.39 Å². The van der Waals surface area contributed by atoms with Gasteiger partial charge in [-0.15, -0.1) is 0 Å². The Balaban J connectivity index is 1.50. The Labute approximate surface area is 192 Å². The molecule has 33 heavy (non-hydrogen) atoms. The van der Waals surface area contributed by atoms with Crippen LogP contribution in [-0.2, 0) is 6.42 Å². The average Bonchev–Trinajstić information content (AvgIpc) is 3.55. The van der Waals surface area contributed by atoms with Crippen LogP contribution in [0.15, 0.2) is 65.8 Å². The van der Waals surface area contributed by atoms with E-state index in [1.165, 1.54) is 16.8 Å². The first-order valence-corrected chi connectivity index (χ1v) is 11.4.